The van der Waals surface area contributed by atoms with Crippen molar-refractivity contribution in [1.82, 2.24) is 15.0 Å². The predicted molar refractivity (Wildman–Crippen MR) is 153 cm³/mol. The molecule has 0 saturated carbocycles. The van der Waals surface area contributed by atoms with E-state index in [0.29, 0.717) is 25.1 Å². The lowest BCUT2D eigenvalue weighted by molar-refractivity contribution is -0.122. The van der Waals surface area contributed by atoms with E-state index >= 15 is 0 Å². The molecule has 0 radical (unpaired) electrons. The van der Waals surface area contributed by atoms with E-state index in [9.17, 15) is 4.79 Å². The topological polar surface area (TPSA) is 77.4 Å². The summed E-state index contributed by atoms with van der Waals surface area (Å²) in [4.78, 5) is 29.1. The Bertz CT molecular complexity index is 1390. The van der Waals surface area contributed by atoms with Gasteiger partial charge >= 0.3 is 7.12 Å². The van der Waals surface area contributed by atoms with Crippen LogP contribution in [0, 0.1) is 5.92 Å². The van der Waals surface area contributed by atoms with Crippen molar-refractivity contribution in [3.8, 4) is 0 Å². The zero-order chi connectivity index (χ0) is 26.9. The number of thiazole rings is 1. The van der Waals surface area contributed by atoms with Crippen LogP contribution in [0.1, 0.15) is 45.5 Å². The van der Waals surface area contributed by atoms with Gasteiger partial charge in [0.05, 0.1) is 26.9 Å². The Hall–Kier alpha value is -3.14. The zero-order valence-corrected chi connectivity index (χ0v) is 23.4. The Morgan fingerprint density at radius 3 is 2.37 bits per heavy atom. The molecule has 4 aromatic rings. The molecule has 1 fully saturated rings. The standard InChI is InChI=1S/C29H33BN4O3S/c1-28(2)29(3,4)37-30(36-28)22-17-31-26(32-18-22)14-11-21(15-20-9-7-6-8-10-20)27(35)34(5)23-12-13-25-24(16-23)33-19-38-25/h6-10,12-13,16-19,21H,11,14-15H2,1-5H3/t21-/m0/s1. The number of nitrogens with zero attached hydrogens (tertiary/aromatic N) is 4. The molecule has 1 saturated heterocycles. The summed E-state index contributed by atoms with van der Waals surface area (Å²) < 4.78 is 13.3. The summed E-state index contributed by atoms with van der Waals surface area (Å²) >= 11 is 1.59. The van der Waals surface area contributed by atoms with E-state index < -0.39 is 18.3 Å². The maximum absolute atomic E-state index is 13.7. The first-order valence-corrected chi connectivity index (χ1v) is 13.8. The van der Waals surface area contributed by atoms with Crippen LogP contribution in [-0.2, 0) is 26.9 Å². The third-order valence-electron chi connectivity index (χ3n) is 7.67. The monoisotopic (exact) mass is 528 g/mol. The highest BCUT2D eigenvalue weighted by Gasteiger charge is 2.52. The molecule has 1 amide bonds. The highest BCUT2D eigenvalue weighted by atomic mass is 32.1. The lowest BCUT2D eigenvalue weighted by Crippen LogP contribution is -2.41. The molecule has 1 aliphatic rings. The molecule has 0 aliphatic carbocycles. The molecule has 1 aliphatic heterocycles. The van der Waals surface area contributed by atoms with Crippen LogP contribution < -0.4 is 10.4 Å². The molecule has 7 nitrogen and oxygen atoms in total. The lowest BCUT2D eigenvalue weighted by Gasteiger charge is -2.32. The van der Waals surface area contributed by atoms with Gasteiger partial charge in [-0.15, -0.1) is 11.3 Å². The smallest absolute Gasteiger partial charge is 0.399 e. The first-order chi connectivity index (χ1) is 18.1. The molecule has 196 valence electrons. The van der Waals surface area contributed by atoms with Crippen molar-refractivity contribution in [3.05, 3.63) is 77.8 Å². The maximum atomic E-state index is 13.7. The number of carbonyl (C=O) groups is 1. The average molecular weight is 528 g/mol. The van der Waals surface area contributed by atoms with Gasteiger partial charge < -0.3 is 14.2 Å². The van der Waals surface area contributed by atoms with Gasteiger partial charge in [0.15, 0.2) is 0 Å². The first kappa shape index (κ1) is 26.5. The van der Waals surface area contributed by atoms with Gasteiger partial charge in [0.2, 0.25) is 5.91 Å². The number of aromatic nitrogens is 3. The van der Waals surface area contributed by atoms with Gasteiger partial charge in [-0.3, -0.25) is 4.79 Å². The third kappa shape index (κ3) is 5.50. The number of anilines is 1. The largest absolute Gasteiger partial charge is 0.498 e. The zero-order valence-electron chi connectivity index (χ0n) is 22.5. The van der Waals surface area contributed by atoms with Crippen molar-refractivity contribution < 1.29 is 14.1 Å². The number of fused-ring (bicyclic) bond motifs is 1. The quantitative estimate of drug-likeness (QED) is 0.305. The highest BCUT2D eigenvalue weighted by Crippen LogP contribution is 2.36. The summed E-state index contributed by atoms with van der Waals surface area (Å²) in [6.07, 6.45) is 5.41. The van der Waals surface area contributed by atoms with Crippen molar-refractivity contribution in [2.75, 3.05) is 11.9 Å². The highest BCUT2D eigenvalue weighted by molar-refractivity contribution is 7.16. The number of carbonyl (C=O) groups excluding carboxylic acids is 1. The van der Waals surface area contributed by atoms with Crippen molar-refractivity contribution in [1.29, 1.82) is 0 Å². The Morgan fingerprint density at radius 1 is 1.00 bits per heavy atom. The van der Waals surface area contributed by atoms with Crippen LogP contribution >= 0.6 is 11.3 Å². The summed E-state index contributed by atoms with van der Waals surface area (Å²) in [6.45, 7) is 8.10. The molecule has 0 bridgehead atoms. The number of rotatable bonds is 8. The molecular weight excluding hydrogens is 495 g/mol. The second-order valence-corrected chi connectivity index (χ2v) is 11.7. The van der Waals surface area contributed by atoms with E-state index in [1.54, 1.807) is 28.6 Å². The van der Waals surface area contributed by atoms with E-state index in [-0.39, 0.29) is 11.8 Å². The Kier molecular flexibility index (Phi) is 7.35. The third-order valence-corrected chi connectivity index (χ3v) is 8.48. The number of amides is 1. The van der Waals surface area contributed by atoms with Crippen molar-refractivity contribution in [3.63, 3.8) is 0 Å². The Morgan fingerprint density at radius 2 is 1.68 bits per heavy atom. The molecule has 3 heterocycles. The second-order valence-electron chi connectivity index (χ2n) is 10.8. The Labute approximate surface area is 228 Å². The molecule has 5 rings (SSSR count). The van der Waals surface area contributed by atoms with Gasteiger partial charge in [0.25, 0.3) is 0 Å². The second kappa shape index (κ2) is 10.6. The molecule has 38 heavy (non-hydrogen) atoms. The fraction of sp³-hybridized carbons (Fsp3) is 0.379. The molecule has 0 N–H and O–H groups in total. The van der Waals surface area contributed by atoms with Crippen LogP contribution in [0.5, 0.6) is 0 Å². The van der Waals surface area contributed by atoms with Crippen LogP contribution in [0.15, 0.2) is 66.4 Å². The normalized spacial score (nSPS) is 17.0. The summed E-state index contributed by atoms with van der Waals surface area (Å²) in [6, 6.07) is 16.1. The minimum absolute atomic E-state index is 0.0669. The van der Waals surface area contributed by atoms with E-state index in [1.807, 2.05) is 76.7 Å². The van der Waals surface area contributed by atoms with Gasteiger partial charge in [0, 0.05) is 42.9 Å². The fourth-order valence-corrected chi connectivity index (χ4v) is 5.22. The Balaban J connectivity index is 1.30. The summed E-state index contributed by atoms with van der Waals surface area (Å²) in [5.41, 5.74) is 4.66. The predicted octanol–water partition coefficient (Wildman–Crippen LogP) is 4.84. The van der Waals surface area contributed by atoms with Gasteiger partial charge in [-0.05, 0) is 64.3 Å². The molecule has 0 unspecified atom stereocenters. The number of hydrogen-bond acceptors (Lipinski definition) is 7. The minimum atomic E-state index is -0.495. The van der Waals surface area contributed by atoms with Crippen LogP contribution in [0.4, 0.5) is 5.69 Å². The maximum Gasteiger partial charge on any atom is 0.498 e. The van der Waals surface area contributed by atoms with Gasteiger partial charge in [-0.25, -0.2) is 15.0 Å². The van der Waals surface area contributed by atoms with Crippen LogP contribution in [-0.4, -0.2) is 46.2 Å². The molecular formula is C29H33BN4O3S. The van der Waals surface area contributed by atoms with Crippen LogP contribution in [0.3, 0.4) is 0 Å². The van der Waals surface area contributed by atoms with Crippen molar-refractivity contribution in [2.24, 2.45) is 5.92 Å². The average Bonchev–Trinajstić information content (AvgIpc) is 3.46. The summed E-state index contributed by atoms with van der Waals surface area (Å²) in [7, 11) is 1.34. The molecule has 1 atom stereocenters. The van der Waals surface area contributed by atoms with E-state index in [0.717, 1.165) is 26.9 Å². The number of aryl methyl sites for hydroxylation is 1. The van der Waals surface area contributed by atoms with Gasteiger partial charge in [-0.1, -0.05) is 30.3 Å². The minimum Gasteiger partial charge on any atom is -0.399 e. The molecule has 0 spiro atoms. The summed E-state index contributed by atoms with van der Waals surface area (Å²) in [5, 5.41) is 0. The molecule has 9 heteroatoms. The SMILES string of the molecule is CN(C(=O)[C@@H](CCc1ncc(B2OC(C)(C)C(C)(C)O2)cn1)Cc1ccccc1)c1ccc2scnc2c1. The summed E-state index contributed by atoms with van der Waals surface area (Å²) in [5.74, 6) is 0.542. The molecule has 2 aromatic heterocycles. The fourth-order valence-electron chi connectivity index (χ4n) is 4.57. The van der Waals surface area contributed by atoms with Crippen molar-refractivity contribution in [2.45, 2.75) is 58.2 Å². The first-order valence-electron chi connectivity index (χ1n) is 12.9. The van der Waals surface area contributed by atoms with E-state index in [1.165, 1.54) is 0 Å². The van der Waals surface area contributed by atoms with Crippen LogP contribution in [0.2, 0.25) is 0 Å². The number of benzene rings is 2. The number of hydrogen-bond donors (Lipinski definition) is 0. The van der Waals surface area contributed by atoms with Crippen molar-refractivity contribution >= 4 is 45.7 Å². The van der Waals surface area contributed by atoms with Gasteiger partial charge in [-0.2, -0.15) is 0 Å². The lowest BCUT2D eigenvalue weighted by atomic mass is 9.81. The van der Waals surface area contributed by atoms with E-state index in [4.69, 9.17) is 9.31 Å². The van der Waals surface area contributed by atoms with Crippen LogP contribution in [0.25, 0.3) is 10.2 Å². The van der Waals surface area contributed by atoms with Gasteiger partial charge in [0.1, 0.15) is 5.82 Å². The molecule has 2 aromatic carbocycles. The van der Waals surface area contributed by atoms with E-state index in [2.05, 4.69) is 27.1 Å².